The van der Waals surface area contributed by atoms with Crippen molar-refractivity contribution in [3.05, 3.63) is 25.3 Å². The quantitative estimate of drug-likeness (QED) is 0.418. The summed E-state index contributed by atoms with van der Waals surface area (Å²) in [5, 5.41) is 2.58. The molecule has 0 saturated carbocycles. The van der Waals surface area contributed by atoms with Crippen molar-refractivity contribution in [3.8, 4) is 0 Å². The zero-order valence-corrected chi connectivity index (χ0v) is 11.5. The number of unbranched alkanes of at least 4 members (excludes halogenated alkanes) is 7. The third-order valence-corrected chi connectivity index (χ3v) is 2.68. The summed E-state index contributed by atoms with van der Waals surface area (Å²) in [7, 11) is 0. The second-order valence-corrected chi connectivity index (χ2v) is 4.36. The molecular weight excluding hydrogens is 226 g/mol. The number of amides is 1. The van der Waals surface area contributed by atoms with Gasteiger partial charge in [0.05, 0.1) is 6.61 Å². The molecular formula is C15H27NO2. The lowest BCUT2D eigenvalue weighted by molar-refractivity contribution is 0.145. The second-order valence-electron chi connectivity index (χ2n) is 4.36. The maximum absolute atomic E-state index is 11.0. The van der Waals surface area contributed by atoms with E-state index in [0.29, 0.717) is 13.2 Å². The van der Waals surface area contributed by atoms with Crippen molar-refractivity contribution >= 4 is 6.09 Å². The Morgan fingerprint density at radius 1 is 0.944 bits per heavy atom. The van der Waals surface area contributed by atoms with E-state index < -0.39 is 0 Å². The van der Waals surface area contributed by atoms with Crippen molar-refractivity contribution < 1.29 is 9.53 Å². The molecule has 0 aliphatic carbocycles. The summed E-state index contributed by atoms with van der Waals surface area (Å²) in [4.78, 5) is 11.0. The Kier molecular flexibility index (Phi) is 12.9. The van der Waals surface area contributed by atoms with Gasteiger partial charge in [-0.1, -0.05) is 44.3 Å². The first-order valence-electron chi connectivity index (χ1n) is 6.93. The first-order valence-corrected chi connectivity index (χ1v) is 6.93. The molecule has 0 aromatic heterocycles. The Labute approximate surface area is 111 Å². The maximum atomic E-state index is 11.0. The molecule has 0 spiro atoms. The second kappa shape index (κ2) is 13.8. The summed E-state index contributed by atoms with van der Waals surface area (Å²) >= 11 is 0. The lowest BCUT2D eigenvalue weighted by Gasteiger charge is -2.05. The topological polar surface area (TPSA) is 38.3 Å². The molecule has 0 heterocycles. The summed E-state index contributed by atoms with van der Waals surface area (Å²) in [6.07, 6.45) is 12.8. The van der Waals surface area contributed by atoms with Gasteiger partial charge in [-0.25, -0.2) is 4.79 Å². The van der Waals surface area contributed by atoms with Crippen LogP contribution < -0.4 is 5.32 Å². The summed E-state index contributed by atoms with van der Waals surface area (Å²) in [5.41, 5.74) is 0. The van der Waals surface area contributed by atoms with Gasteiger partial charge in [-0.2, -0.15) is 0 Å². The average molecular weight is 253 g/mol. The Bertz CT molecular complexity index is 227. The van der Waals surface area contributed by atoms with E-state index in [9.17, 15) is 4.79 Å². The summed E-state index contributed by atoms with van der Waals surface area (Å²) in [6, 6.07) is 0. The molecule has 0 aliphatic heterocycles. The number of ether oxygens (including phenoxy) is 1. The predicted molar refractivity (Wildman–Crippen MR) is 76.7 cm³/mol. The number of allylic oxidation sites excluding steroid dienone is 1. The Hall–Kier alpha value is -1.25. The van der Waals surface area contributed by atoms with Gasteiger partial charge in [-0.15, -0.1) is 13.2 Å². The van der Waals surface area contributed by atoms with Crippen molar-refractivity contribution in [2.75, 3.05) is 13.2 Å². The lowest BCUT2D eigenvalue weighted by Crippen LogP contribution is -2.24. The van der Waals surface area contributed by atoms with Crippen LogP contribution in [0, 0.1) is 0 Å². The number of rotatable bonds is 12. The minimum absolute atomic E-state index is 0.348. The zero-order valence-electron chi connectivity index (χ0n) is 11.5. The molecule has 3 heteroatoms. The van der Waals surface area contributed by atoms with E-state index >= 15 is 0 Å². The molecule has 0 radical (unpaired) electrons. The van der Waals surface area contributed by atoms with E-state index in [4.69, 9.17) is 4.74 Å². The van der Waals surface area contributed by atoms with Crippen LogP contribution >= 0.6 is 0 Å². The molecule has 0 fully saturated rings. The molecule has 1 N–H and O–H groups in total. The highest BCUT2D eigenvalue weighted by molar-refractivity contribution is 5.67. The highest BCUT2D eigenvalue weighted by Gasteiger charge is 1.98. The number of hydrogen-bond acceptors (Lipinski definition) is 2. The first kappa shape index (κ1) is 16.8. The fourth-order valence-corrected chi connectivity index (χ4v) is 1.65. The van der Waals surface area contributed by atoms with Crippen LogP contribution in [0.25, 0.3) is 0 Å². The monoisotopic (exact) mass is 253 g/mol. The van der Waals surface area contributed by atoms with E-state index in [0.717, 1.165) is 19.3 Å². The molecule has 0 aromatic rings. The van der Waals surface area contributed by atoms with Gasteiger partial charge in [0.15, 0.2) is 0 Å². The number of carbonyl (C=O) groups is 1. The van der Waals surface area contributed by atoms with Gasteiger partial charge >= 0.3 is 6.09 Å². The third-order valence-electron chi connectivity index (χ3n) is 2.68. The number of carbonyl (C=O) groups excluding carboxylic acids is 1. The lowest BCUT2D eigenvalue weighted by atomic mass is 10.1. The number of nitrogens with one attached hydrogen (secondary N) is 1. The van der Waals surface area contributed by atoms with Crippen LogP contribution in [0.3, 0.4) is 0 Å². The normalized spacial score (nSPS) is 9.78. The minimum atomic E-state index is -0.348. The maximum Gasteiger partial charge on any atom is 0.407 e. The first-order chi connectivity index (χ1) is 8.81. The van der Waals surface area contributed by atoms with Crippen molar-refractivity contribution in [2.24, 2.45) is 0 Å². The van der Waals surface area contributed by atoms with Crippen molar-refractivity contribution in [1.82, 2.24) is 5.32 Å². The fraction of sp³-hybridized carbons (Fsp3) is 0.667. The molecule has 0 aromatic carbocycles. The van der Waals surface area contributed by atoms with Gasteiger partial charge in [-0.05, 0) is 19.3 Å². The molecule has 104 valence electrons. The van der Waals surface area contributed by atoms with E-state index in [1.54, 1.807) is 6.08 Å². The summed E-state index contributed by atoms with van der Waals surface area (Å²) < 4.78 is 4.99. The van der Waals surface area contributed by atoms with Crippen LogP contribution in [0.2, 0.25) is 0 Å². The summed E-state index contributed by atoms with van der Waals surface area (Å²) in [6.45, 7) is 8.20. The van der Waals surface area contributed by atoms with Crippen LogP contribution in [0.4, 0.5) is 4.79 Å². The Morgan fingerprint density at radius 2 is 1.56 bits per heavy atom. The van der Waals surface area contributed by atoms with Crippen LogP contribution in [-0.2, 0) is 4.74 Å². The molecule has 0 bridgehead atoms. The van der Waals surface area contributed by atoms with Crippen molar-refractivity contribution in [1.29, 1.82) is 0 Å². The van der Waals surface area contributed by atoms with Gasteiger partial charge < -0.3 is 10.1 Å². The van der Waals surface area contributed by atoms with Crippen LogP contribution in [0.15, 0.2) is 25.3 Å². The van der Waals surface area contributed by atoms with Gasteiger partial charge in [0.2, 0.25) is 0 Å². The molecule has 0 atom stereocenters. The highest BCUT2D eigenvalue weighted by Crippen LogP contribution is 2.08. The van der Waals surface area contributed by atoms with E-state index in [1.165, 1.54) is 32.1 Å². The molecule has 0 rings (SSSR count). The van der Waals surface area contributed by atoms with Gasteiger partial charge in [-0.3, -0.25) is 0 Å². The van der Waals surface area contributed by atoms with E-state index in [-0.39, 0.29) is 6.09 Å². The van der Waals surface area contributed by atoms with Crippen molar-refractivity contribution in [2.45, 2.75) is 51.4 Å². The zero-order chi connectivity index (χ0) is 13.5. The standard InChI is InChI=1S/C15H27NO2/c1-3-5-6-7-8-9-10-11-12-14-18-15(17)16-13-4-2/h3-4H,1-2,5-14H2,(H,16,17). The number of alkyl carbamates (subject to hydrolysis) is 1. The molecule has 0 aliphatic rings. The third kappa shape index (κ3) is 12.8. The van der Waals surface area contributed by atoms with Gasteiger partial charge in [0.25, 0.3) is 0 Å². The molecule has 1 amide bonds. The van der Waals surface area contributed by atoms with Crippen LogP contribution in [0.5, 0.6) is 0 Å². The van der Waals surface area contributed by atoms with Crippen molar-refractivity contribution in [3.63, 3.8) is 0 Å². The van der Waals surface area contributed by atoms with Gasteiger partial charge in [0.1, 0.15) is 0 Å². The molecule has 0 saturated heterocycles. The fourth-order valence-electron chi connectivity index (χ4n) is 1.65. The smallest absolute Gasteiger partial charge is 0.407 e. The summed E-state index contributed by atoms with van der Waals surface area (Å²) in [5.74, 6) is 0. The average Bonchev–Trinajstić information content (AvgIpc) is 2.38. The van der Waals surface area contributed by atoms with E-state index in [1.807, 2.05) is 6.08 Å². The Balaban J connectivity index is 3.08. The molecule has 0 unspecified atom stereocenters. The van der Waals surface area contributed by atoms with Crippen LogP contribution in [-0.4, -0.2) is 19.2 Å². The number of hydrogen-bond donors (Lipinski definition) is 1. The Morgan fingerprint density at radius 3 is 2.17 bits per heavy atom. The largest absolute Gasteiger partial charge is 0.450 e. The van der Waals surface area contributed by atoms with E-state index in [2.05, 4.69) is 18.5 Å². The highest BCUT2D eigenvalue weighted by atomic mass is 16.5. The molecule has 3 nitrogen and oxygen atoms in total. The van der Waals surface area contributed by atoms with Gasteiger partial charge in [0, 0.05) is 6.54 Å². The molecule has 18 heavy (non-hydrogen) atoms. The minimum Gasteiger partial charge on any atom is -0.450 e. The SMILES string of the molecule is C=CCCCCCCCCCOC(=O)NCC=C. The van der Waals surface area contributed by atoms with Crippen LogP contribution in [0.1, 0.15) is 51.4 Å². The predicted octanol–water partition coefficient (Wildman–Crippen LogP) is 4.21.